The van der Waals surface area contributed by atoms with Gasteiger partial charge in [-0.1, -0.05) is 6.92 Å². The zero-order valence-corrected chi connectivity index (χ0v) is 13.1. The summed E-state index contributed by atoms with van der Waals surface area (Å²) < 4.78 is 5.34. The number of aliphatic carboxylic acids is 1. The van der Waals surface area contributed by atoms with Gasteiger partial charge < -0.3 is 14.9 Å². The van der Waals surface area contributed by atoms with Gasteiger partial charge in [-0.05, 0) is 61.4 Å². The Bertz CT molecular complexity index is 515. The number of ether oxygens (including phenoxy) is 1. The maximum absolute atomic E-state index is 11.4. The molecule has 0 radical (unpaired) electrons. The number of rotatable bonds is 4. The van der Waals surface area contributed by atoms with Crippen molar-refractivity contribution < 1.29 is 19.7 Å². The predicted molar refractivity (Wildman–Crippen MR) is 80.4 cm³/mol. The van der Waals surface area contributed by atoms with E-state index in [0.717, 1.165) is 28.9 Å². The van der Waals surface area contributed by atoms with Gasteiger partial charge in [-0.2, -0.15) is 0 Å². The quantitative estimate of drug-likeness (QED) is 0.895. The van der Waals surface area contributed by atoms with E-state index < -0.39 is 18.0 Å². The van der Waals surface area contributed by atoms with Crippen molar-refractivity contribution in [2.45, 2.75) is 39.7 Å². The van der Waals surface area contributed by atoms with Crippen LogP contribution in [0.4, 0.5) is 0 Å². The standard InChI is InChI=1S/C17H24O4/c1-9-5-13(14(6-9)17(19)20)15(18)12-7-10(2)16(21-4)11(3)8-12/h7-9,13-15,18H,5-6H2,1-4H3,(H,19,20). The molecule has 0 amide bonds. The number of hydrogen-bond acceptors (Lipinski definition) is 3. The van der Waals surface area contributed by atoms with Gasteiger partial charge in [0.25, 0.3) is 0 Å². The van der Waals surface area contributed by atoms with Crippen LogP contribution in [0, 0.1) is 31.6 Å². The third kappa shape index (κ3) is 3.05. The van der Waals surface area contributed by atoms with E-state index in [0.29, 0.717) is 12.3 Å². The van der Waals surface area contributed by atoms with E-state index in [1.54, 1.807) is 7.11 Å². The van der Waals surface area contributed by atoms with Crippen LogP contribution in [0.15, 0.2) is 12.1 Å². The van der Waals surface area contributed by atoms with Gasteiger partial charge in [0.05, 0.1) is 19.1 Å². The van der Waals surface area contributed by atoms with E-state index in [1.807, 2.05) is 32.9 Å². The number of benzene rings is 1. The van der Waals surface area contributed by atoms with E-state index in [4.69, 9.17) is 4.74 Å². The van der Waals surface area contributed by atoms with Crippen molar-refractivity contribution in [1.29, 1.82) is 0 Å². The highest BCUT2D eigenvalue weighted by Crippen LogP contribution is 2.44. The molecule has 2 rings (SSSR count). The minimum atomic E-state index is -0.801. The second-order valence-corrected chi connectivity index (χ2v) is 6.32. The van der Waals surface area contributed by atoms with Gasteiger partial charge in [-0.3, -0.25) is 4.79 Å². The highest BCUT2D eigenvalue weighted by atomic mass is 16.5. The van der Waals surface area contributed by atoms with Crippen LogP contribution >= 0.6 is 0 Å². The highest BCUT2D eigenvalue weighted by molar-refractivity contribution is 5.71. The normalized spacial score (nSPS) is 26.6. The molecule has 1 aromatic carbocycles. The minimum absolute atomic E-state index is 0.218. The molecule has 1 aliphatic rings. The first-order valence-corrected chi connectivity index (χ1v) is 7.41. The van der Waals surface area contributed by atoms with E-state index >= 15 is 0 Å². The van der Waals surface area contributed by atoms with Gasteiger partial charge in [-0.25, -0.2) is 0 Å². The van der Waals surface area contributed by atoms with Crippen molar-refractivity contribution in [2.24, 2.45) is 17.8 Å². The summed E-state index contributed by atoms with van der Waals surface area (Å²) >= 11 is 0. The molecule has 0 saturated heterocycles. The molecule has 0 heterocycles. The first-order valence-electron chi connectivity index (χ1n) is 7.41. The average Bonchev–Trinajstić information content (AvgIpc) is 2.79. The van der Waals surface area contributed by atoms with E-state index in [9.17, 15) is 15.0 Å². The lowest BCUT2D eigenvalue weighted by Gasteiger charge is -2.24. The smallest absolute Gasteiger partial charge is 0.306 e. The molecule has 4 heteroatoms. The molecule has 4 unspecified atom stereocenters. The number of methoxy groups -OCH3 is 1. The van der Waals surface area contributed by atoms with Crippen LogP contribution in [0.3, 0.4) is 0 Å². The summed E-state index contributed by atoms with van der Waals surface area (Å²) in [7, 11) is 1.63. The van der Waals surface area contributed by atoms with Crippen molar-refractivity contribution in [3.8, 4) is 5.75 Å². The Morgan fingerprint density at radius 3 is 2.33 bits per heavy atom. The molecular weight excluding hydrogens is 268 g/mol. The minimum Gasteiger partial charge on any atom is -0.496 e. The topological polar surface area (TPSA) is 66.8 Å². The number of carbonyl (C=O) groups is 1. The van der Waals surface area contributed by atoms with Gasteiger partial charge in [0, 0.05) is 5.92 Å². The molecule has 2 N–H and O–H groups in total. The summed E-state index contributed by atoms with van der Waals surface area (Å²) in [5.41, 5.74) is 2.71. The molecule has 1 fully saturated rings. The first-order chi connectivity index (χ1) is 9.85. The fraction of sp³-hybridized carbons (Fsp3) is 0.588. The molecule has 116 valence electrons. The molecule has 0 bridgehead atoms. The molecule has 1 saturated carbocycles. The van der Waals surface area contributed by atoms with E-state index in [2.05, 4.69) is 0 Å². The predicted octanol–water partition coefficient (Wildman–Crippen LogP) is 3.09. The number of hydrogen-bond donors (Lipinski definition) is 2. The molecule has 0 spiro atoms. The van der Waals surface area contributed by atoms with Crippen molar-refractivity contribution in [2.75, 3.05) is 7.11 Å². The van der Waals surface area contributed by atoms with Gasteiger partial charge >= 0.3 is 5.97 Å². The Morgan fingerprint density at radius 1 is 1.29 bits per heavy atom. The summed E-state index contributed by atoms with van der Waals surface area (Å²) in [5.74, 6) is -0.320. The molecule has 0 aliphatic heterocycles. The number of aliphatic hydroxyl groups is 1. The summed E-state index contributed by atoms with van der Waals surface area (Å²) in [5, 5.41) is 20.0. The number of aliphatic hydroxyl groups excluding tert-OH is 1. The Kier molecular flexibility index (Phi) is 4.57. The summed E-state index contributed by atoms with van der Waals surface area (Å²) in [4.78, 5) is 11.4. The third-order valence-corrected chi connectivity index (χ3v) is 4.60. The SMILES string of the molecule is COc1c(C)cc(C(O)C2CC(C)CC2C(=O)O)cc1C. The lowest BCUT2D eigenvalue weighted by atomic mass is 9.86. The Morgan fingerprint density at radius 2 is 1.86 bits per heavy atom. The summed E-state index contributed by atoms with van der Waals surface area (Å²) in [6.07, 6.45) is 0.660. The van der Waals surface area contributed by atoms with Crippen LogP contribution in [0.2, 0.25) is 0 Å². The van der Waals surface area contributed by atoms with E-state index in [1.165, 1.54) is 0 Å². The van der Waals surface area contributed by atoms with Crippen molar-refractivity contribution in [3.63, 3.8) is 0 Å². The number of aryl methyl sites for hydroxylation is 2. The monoisotopic (exact) mass is 292 g/mol. The lowest BCUT2D eigenvalue weighted by Crippen LogP contribution is -2.24. The molecule has 4 atom stereocenters. The maximum Gasteiger partial charge on any atom is 0.306 e. The summed E-state index contributed by atoms with van der Waals surface area (Å²) in [6.45, 7) is 5.93. The second-order valence-electron chi connectivity index (χ2n) is 6.32. The lowest BCUT2D eigenvalue weighted by molar-refractivity contribution is -0.144. The zero-order valence-electron chi connectivity index (χ0n) is 13.1. The van der Waals surface area contributed by atoms with Crippen LogP contribution in [-0.2, 0) is 4.79 Å². The van der Waals surface area contributed by atoms with Gasteiger partial charge in [0.2, 0.25) is 0 Å². The fourth-order valence-corrected chi connectivity index (χ4v) is 3.69. The second kappa shape index (κ2) is 6.06. The van der Waals surface area contributed by atoms with Crippen LogP contribution in [0.5, 0.6) is 5.75 Å². The van der Waals surface area contributed by atoms with Crippen LogP contribution in [0.25, 0.3) is 0 Å². The van der Waals surface area contributed by atoms with Crippen LogP contribution in [0.1, 0.15) is 42.6 Å². The van der Waals surface area contributed by atoms with Crippen molar-refractivity contribution in [3.05, 3.63) is 28.8 Å². The van der Waals surface area contributed by atoms with Crippen molar-refractivity contribution >= 4 is 5.97 Å². The Balaban J connectivity index is 2.31. The largest absolute Gasteiger partial charge is 0.496 e. The van der Waals surface area contributed by atoms with Crippen LogP contribution < -0.4 is 4.74 Å². The third-order valence-electron chi connectivity index (χ3n) is 4.60. The summed E-state index contributed by atoms with van der Waals surface area (Å²) in [6, 6.07) is 3.80. The zero-order chi connectivity index (χ0) is 15.7. The molecule has 21 heavy (non-hydrogen) atoms. The van der Waals surface area contributed by atoms with Gasteiger partial charge in [0.15, 0.2) is 0 Å². The van der Waals surface area contributed by atoms with E-state index in [-0.39, 0.29) is 5.92 Å². The number of carboxylic acids is 1. The van der Waals surface area contributed by atoms with Crippen molar-refractivity contribution in [1.82, 2.24) is 0 Å². The molecule has 1 aromatic rings. The average molecular weight is 292 g/mol. The van der Waals surface area contributed by atoms with Gasteiger partial charge in [0.1, 0.15) is 5.75 Å². The maximum atomic E-state index is 11.4. The molecular formula is C17H24O4. The fourth-order valence-electron chi connectivity index (χ4n) is 3.69. The Labute approximate surface area is 125 Å². The highest BCUT2D eigenvalue weighted by Gasteiger charge is 2.41. The molecule has 1 aliphatic carbocycles. The Hall–Kier alpha value is -1.55. The van der Waals surface area contributed by atoms with Crippen LogP contribution in [-0.4, -0.2) is 23.3 Å². The first kappa shape index (κ1) is 15.8. The molecule has 0 aromatic heterocycles. The number of carboxylic acid groups (broad SMARTS) is 1. The molecule has 4 nitrogen and oxygen atoms in total. The van der Waals surface area contributed by atoms with Gasteiger partial charge in [-0.15, -0.1) is 0 Å².